The van der Waals surface area contributed by atoms with Crippen molar-refractivity contribution >= 4 is 11.7 Å². The number of hydrogen-bond donors (Lipinski definition) is 0. The van der Waals surface area contributed by atoms with Crippen molar-refractivity contribution in [3.05, 3.63) is 59.8 Å². The molecule has 1 amide bonds. The van der Waals surface area contributed by atoms with E-state index in [0.717, 1.165) is 24.3 Å². The third kappa shape index (κ3) is 4.68. The van der Waals surface area contributed by atoms with Gasteiger partial charge in [0.2, 0.25) is 0 Å². The molecular weight excluding hydrogens is 334 g/mol. The minimum atomic E-state index is 0.0404. The predicted octanol–water partition coefficient (Wildman–Crippen LogP) is 4.90. The molecule has 0 N–H and O–H groups in total. The number of benzene rings is 1. The number of rotatable bonds is 6. The number of pyridine rings is 1. The highest BCUT2D eigenvalue weighted by Gasteiger charge is 2.23. The molecule has 0 saturated carbocycles. The van der Waals surface area contributed by atoms with Gasteiger partial charge in [0.25, 0.3) is 5.91 Å². The summed E-state index contributed by atoms with van der Waals surface area (Å²) >= 11 is 0. The highest BCUT2D eigenvalue weighted by Crippen LogP contribution is 2.25. The number of nitrogens with zero attached hydrogens (tertiary/aromatic N) is 3. The minimum absolute atomic E-state index is 0.0404. The largest absolute Gasteiger partial charge is 0.354 e. The summed E-state index contributed by atoms with van der Waals surface area (Å²) < 4.78 is 0. The highest BCUT2D eigenvalue weighted by molar-refractivity contribution is 5.94. The fourth-order valence-electron chi connectivity index (χ4n) is 3.84. The molecule has 2 aromatic rings. The molecule has 4 nitrogen and oxygen atoms in total. The third-order valence-corrected chi connectivity index (χ3v) is 5.47. The number of carbonyl (C=O) groups excluding carboxylic acids is 1. The van der Waals surface area contributed by atoms with Crippen LogP contribution in [0.2, 0.25) is 0 Å². The van der Waals surface area contributed by atoms with E-state index >= 15 is 0 Å². The molecule has 0 aliphatic carbocycles. The molecule has 4 heteroatoms. The van der Waals surface area contributed by atoms with Gasteiger partial charge in [-0.2, -0.15) is 0 Å². The lowest BCUT2D eigenvalue weighted by Gasteiger charge is -2.36. The van der Waals surface area contributed by atoms with E-state index < -0.39 is 0 Å². The third-order valence-electron chi connectivity index (χ3n) is 5.47. The zero-order valence-electron chi connectivity index (χ0n) is 16.8. The van der Waals surface area contributed by atoms with Crippen LogP contribution in [0.25, 0.3) is 0 Å². The van der Waals surface area contributed by atoms with Crippen LogP contribution >= 0.6 is 0 Å². The van der Waals surface area contributed by atoms with Crippen molar-refractivity contribution in [2.24, 2.45) is 0 Å². The summed E-state index contributed by atoms with van der Waals surface area (Å²) in [6.07, 6.45) is 6.64. The molecule has 1 unspecified atom stereocenters. The molecule has 1 aromatic carbocycles. The van der Waals surface area contributed by atoms with Crippen LogP contribution in [-0.2, 0) is 6.54 Å². The summed E-state index contributed by atoms with van der Waals surface area (Å²) in [5.74, 6) is 1.04. The number of hydrogen-bond acceptors (Lipinski definition) is 3. The number of aromatic nitrogens is 1. The van der Waals surface area contributed by atoms with Crippen LogP contribution in [0.4, 0.5) is 5.82 Å². The highest BCUT2D eigenvalue weighted by atomic mass is 16.2. The van der Waals surface area contributed by atoms with Crippen molar-refractivity contribution in [2.45, 2.75) is 65.1 Å². The topological polar surface area (TPSA) is 36.4 Å². The lowest BCUT2D eigenvalue weighted by Crippen LogP contribution is -2.40. The Morgan fingerprint density at radius 3 is 2.59 bits per heavy atom. The van der Waals surface area contributed by atoms with E-state index in [2.05, 4.69) is 42.8 Å². The molecule has 1 aliphatic heterocycles. The summed E-state index contributed by atoms with van der Waals surface area (Å²) in [5.41, 5.74) is 1.80. The van der Waals surface area contributed by atoms with Crippen molar-refractivity contribution in [2.75, 3.05) is 11.4 Å². The van der Waals surface area contributed by atoms with Crippen LogP contribution in [0.3, 0.4) is 0 Å². The summed E-state index contributed by atoms with van der Waals surface area (Å²) in [4.78, 5) is 22.0. The van der Waals surface area contributed by atoms with Crippen LogP contribution in [0.1, 0.15) is 62.4 Å². The van der Waals surface area contributed by atoms with Crippen molar-refractivity contribution in [1.82, 2.24) is 9.88 Å². The van der Waals surface area contributed by atoms with Gasteiger partial charge < -0.3 is 9.80 Å². The second-order valence-corrected chi connectivity index (χ2v) is 7.67. The minimum Gasteiger partial charge on any atom is -0.354 e. The quantitative estimate of drug-likeness (QED) is 0.730. The zero-order chi connectivity index (χ0) is 19.2. The Balaban J connectivity index is 1.75. The van der Waals surface area contributed by atoms with E-state index in [1.807, 2.05) is 35.2 Å². The van der Waals surface area contributed by atoms with E-state index in [-0.39, 0.29) is 11.9 Å². The van der Waals surface area contributed by atoms with Crippen LogP contribution < -0.4 is 4.90 Å². The Morgan fingerprint density at radius 1 is 1.19 bits per heavy atom. The summed E-state index contributed by atoms with van der Waals surface area (Å²) in [6.45, 7) is 8.03. The van der Waals surface area contributed by atoms with Crippen LogP contribution in [-0.4, -0.2) is 34.4 Å². The standard InChI is InChI=1S/C23H31N3O/c1-4-21-12-8-9-15-25(21)22-14-13-20(16-24-22)23(27)26(18(2)3)17-19-10-6-5-7-11-19/h5-7,10-11,13-14,16,18,21H,4,8-9,12,15,17H2,1-3H3. The second kappa shape index (κ2) is 9.03. The van der Waals surface area contributed by atoms with Crippen LogP contribution in [0.5, 0.6) is 0 Å². The predicted molar refractivity (Wildman–Crippen MR) is 111 cm³/mol. The molecule has 0 radical (unpaired) electrons. The number of carbonyl (C=O) groups is 1. The number of piperidine rings is 1. The second-order valence-electron chi connectivity index (χ2n) is 7.67. The molecule has 1 atom stereocenters. The van der Waals surface area contributed by atoms with E-state index in [9.17, 15) is 4.79 Å². The smallest absolute Gasteiger partial charge is 0.255 e. The van der Waals surface area contributed by atoms with E-state index in [4.69, 9.17) is 0 Å². The first-order chi connectivity index (χ1) is 13.1. The van der Waals surface area contributed by atoms with Gasteiger partial charge in [-0.25, -0.2) is 4.98 Å². The molecule has 1 saturated heterocycles. The number of anilines is 1. The van der Waals surface area contributed by atoms with Gasteiger partial charge in [0, 0.05) is 31.4 Å². The molecule has 27 heavy (non-hydrogen) atoms. The summed E-state index contributed by atoms with van der Waals surface area (Å²) in [5, 5.41) is 0. The van der Waals surface area contributed by atoms with Crippen molar-refractivity contribution in [3.8, 4) is 0 Å². The van der Waals surface area contributed by atoms with Gasteiger partial charge in [-0.15, -0.1) is 0 Å². The Morgan fingerprint density at radius 2 is 1.96 bits per heavy atom. The van der Waals surface area contributed by atoms with Crippen molar-refractivity contribution < 1.29 is 4.79 Å². The van der Waals surface area contributed by atoms with Gasteiger partial charge in [-0.05, 0) is 57.2 Å². The Kier molecular flexibility index (Phi) is 6.49. The fraction of sp³-hybridized carbons (Fsp3) is 0.478. The molecule has 0 spiro atoms. The lowest BCUT2D eigenvalue weighted by molar-refractivity contribution is 0.0690. The number of amides is 1. The summed E-state index contributed by atoms with van der Waals surface area (Å²) in [6, 6.07) is 14.8. The van der Waals surface area contributed by atoms with Gasteiger partial charge in [0.05, 0.1) is 5.56 Å². The van der Waals surface area contributed by atoms with Crippen molar-refractivity contribution in [3.63, 3.8) is 0 Å². The van der Waals surface area contributed by atoms with Crippen LogP contribution in [0.15, 0.2) is 48.7 Å². The summed E-state index contributed by atoms with van der Waals surface area (Å²) in [7, 11) is 0. The average Bonchev–Trinajstić information content (AvgIpc) is 2.72. The van der Waals surface area contributed by atoms with Gasteiger partial charge in [0.1, 0.15) is 5.82 Å². The first-order valence-corrected chi connectivity index (χ1v) is 10.2. The maximum absolute atomic E-state index is 13.1. The Hall–Kier alpha value is -2.36. The fourth-order valence-corrected chi connectivity index (χ4v) is 3.84. The molecular formula is C23H31N3O. The first-order valence-electron chi connectivity index (χ1n) is 10.2. The maximum Gasteiger partial charge on any atom is 0.255 e. The normalized spacial score (nSPS) is 17.2. The van der Waals surface area contributed by atoms with Gasteiger partial charge in [-0.1, -0.05) is 37.3 Å². The molecule has 1 aliphatic rings. The zero-order valence-corrected chi connectivity index (χ0v) is 16.8. The molecule has 1 aromatic heterocycles. The monoisotopic (exact) mass is 365 g/mol. The van der Waals surface area contributed by atoms with Gasteiger partial charge >= 0.3 is 0 Å². The molecule has 2 heterocycles. The molecule has 1 fully saturated rings. The van der Waals surface area contributed by atoms with Crippen LogP contribution in [0, 0.1) is 0 Å². The van der Waals surface area contributed by atoms with Gasteiger partial charge in [0.15, 0.2) is 0 Å². The SMILES string of the molecule is CCC1CCCCN1c1ccc(C(=O)N(Cc2ccccc2)C(C)C)cn1. The molecule has 0 bridgehead atoms. The Labute approximate surface area is 163 Å². The molecule has 3 rings (SSSR count). The van der Waals surface area contributed by atoms with E-state index in [1.165, 1.54) is 19.3 Å². The van der Waals surface area contributed by atoms with E-state index in [0.29, 0.717) is 18.2 Å². The first kappa shape index (κ1) is 19.4. The maximum atomic E-state index is 13.1. The van der Waals surface area contributed by atoms with E-state index in [1.54, 1.807) is 6.20 Å². The lowest BCUT2D eigenvalue weighted by atomic mass is 10.00. The molecule has 144 valence electrons. The Bertz CT molecular complexity index is 727. The average molecular weight is 366 g/mol. The van der Waals surface area contributed by atoms with Gasteiger partial charge in [-0.3, -0.25) is 4.79 Å². The van der Waals surface area contributed by atoms with Crippen molar-refractivity contribution in [1.29, 1.82) is 0 Å².